The molecule has 0 radical (unpaired) electrons. The molecule has 1 saturated carbocycles. The van der Waals surface area contributed by atoms with Gasteiger partial charge in [-0.15, -0.1) is 0 Å². The molecule has 5 rings (SSSR count). The van der Waals surface area contributed by atoms with Crippen LogP contribution in [-0.2, 0) is 27.8 Å². The number of carbonyl (C=O) groups excluding carboxylic acids is 2. The van der Waals surface area contributed by atoms with Crippen molar-refractivity contribution in [2.75, 3.05) is 22.5 Å². The maximum Gasteiger partial charge on any atom is 0.255 e. The highest BCUT2D eigenvalue weighted by atomic mass is 32.2. The number of carbonyl (C=O) groups is 2. The molecule has 0 aromatic heterocycles. The van der Waals surface area contributed by atoms with E-state index in [1.807, 2.05) is 72.6 Å². The molecule has 52 heavy (non-hydrogen) atoms. The Bertz CT molecular complexity index is 1890. The van der Waals surface area contributed by atoms with Crippen LogP contribution in [0.4, 0.5) is 17.1 Å². The topological polar surface area (TPSA) is 131 Å². The number of anilines is 3. The van der Waals surface area contributed by atoms with Crippen LogP contribution in [-0.4, -0.2) is 62.5 Å². The van der Waals surface area contributed by atoms with Crippen molar-refractivity contribution in [1.82, 2.24) is 16.0 Å². The van der Waals surface area contributed by atoms with Gasteiger partial charge in [0.25, 0.3) is 5.91 Å². The summed E-state index contributed by atoms with van der Waals surface area (Å²) in [6.07, 6.45) is 5.16. The number of aliphatic hydroxyl groups is 1. The van der Waals surface area contributed by atoms with Gasteiger partial charge in [0.2, 0.25) is 15.9 Å². The summed E-state index contributed by atoms with van der Waals surface area (Å²) in [7, 11) is -2.15. The van der Waals surface area contributed by atoms with Gasteiger partial charge in [0.15, 0.2) is 0 Å². The van der Waals surface area contributed by atoms with Crippen molar-refractivity contribution in [2.24, 2.45) is 0 Å². The molecule has 1 aliphatic carbocycles. The molecule has 2 amide bonds. The lowest BCUT2D eigenvalue weighted by atomic mass is 9.92. The van der Waals surface area contributed by atoms with Crippen molar-refractivity contribution in [3.05, 3.63) is 126 Å². The van der Waals surface area contributed by atoms with E-state index in [4.69, 9.17) is 0 Å². The molecule has 0 spiro atoms. The van der Waals surface area contributed by atoms with Gasteiger partial charge in [-0.2, -0.15) is 0 Å². The largest absolute Gasteiger partial charge is 0.390 e. The van der Waals surface area contributed by atoms with Gasteiger partial charge in [-0.25, -0.2) is 12.7 Å². The highest BCUT2D eigenvalue weighted by molar-refractivity contribution is 7.92. The van der Waals surface area contributed by atoms with E-state index in [1.54, 1.807) is 62.4 Å². The minimum Gasteiger partial charge on any atom is -0.390 e. The van der Waals surface area contributed by atoms with Crippen LogP contribution in [0.3, 0.4) is 0 Å². The van der Waals surface area contributed by atoms with Gasteiger partial charge < -0.3 is 20.6 Å². The average Bonchev–Trinajstić information content (AvgIpc) is 3.12. The Labute approximate surface area is 308 Å². The second-order valence-electron chi connectivity index (χ2n) is 13.9. The minimum absolute atomic E-state index is 0.0749. The van der Waals surface area contributed by atoms with Crippen molar-refractivity contribution in [2.45, 2.75) is 82.8 Å². The molecule has 0 heterocycles. The van der Waals surface area contributed by atoms with E-state index in [2.05, 4.69) is 16.0 Å². The summed E-state index contributed by atoms with van der Waals surface area (Å²) in [6, 6.07) is 32.2. The van der Waals surface area contributed by atoms with Crippen molar-refractivity contribution >= 4 is 38.9 Å². The number of nitrogens with zero attached hydrogens (tertiary/aromatic N) is 2. The third kappa shape index (κ3) is 9.58. The van der Waals surface area contributed by atoms with E-state index in [0.717, 1.165) is 49.5 Å². The Balaban J connectivity index is 1.60. The summed E-state index contributed by atoms with van der Waals surface area (Å²) >= 11 is 0. The molecular weight excluding hydrogens is 675 g/mol. The Kier molecular flexibility index (Phi) is 12.7. The molecule has 0 bridgehead atoms. The van der Waals surface area contributed by atoms with Crippen LogP contribution in [0, 0.1) is 0 Å². The van der Waals surface area contributed by atoms with Gasteiger partial charge in [-0.3, -0.25) is 14.9 Å². The normalized spacial score (nSPS) is 15.9. The highest BCUT2D eigenvalue weighted by Gasteiger charge is 2.41. The third-order valence-corrected chi connectivity index (χ3v) is 10.7. The van der Waals surface area contributed by atoms with E-state index in [-0.39, 0.29) is 29.6 Å². The lowest BCUT2D eigenvalue weighted by Crippen LogP contribution is -2.70. The first kappa shape index (κ1) is 38.5. The molecule has 4 aromatic carbocycles. The van der Waals surface area contributed by atoms with Crippen LogP contribution in [0.15, 0.2) is 109 Å². The molecule has 4 aromatic rings. The number of aliphatic hydroxyl groups excluding tert-OH is 1. The van der Waals surface area contributed by atoms with E-state index in [1.165, 1.54) is 4.31 Å². The first-order valence-corrected chi connectivity index (χ1v) is 19.8. The van der Waals surface area contributed by atoms with Crippen LogP contribution in [0.2, 0.25) is 0 Å². The van der Waals surface area contributed by atoms with Gasteiger partial charge >= 0.3 is 0 Å². The molecule has 0 saturated heterocycles. The summed E-state index contributed by atoms with van der Waals surface area (Å²) in [6.45, 7) is 3.73. The number of benzene rings is 4. The molecule has 1 fully saturated rings. The van der Waals surface area contributed by atoms with Crippen molar-refractivity contribution in [3.8, 4) is 0 Å². The molecule has 4 N–H and O–H groups in total. The van der Waals surface area contributed by atoms with Crippen LogP contribution >= 0.6 is 0 Å². The standard InChI is InChI=1S/C41H51N5O5S/c1-30(39(48)42-34-22-13-7-14-23-34)43-41(31(2)47,28-32-18-9-5-10-19-32)44-40(49)36-26-17-27-37(45(3)29-33-20-11-6-12-21-33)38(36)46(52(4,50)51)35-24-15-8-16-25-35/h5-6,8-12,15-21,24-27,30-31,34,43,47H,7,13-14,22-23,28-29H2,1-4H3,(H,42,48)(H,44,49)/t30-,31+,41-/m0/s1. The van der Waals surface area contributed by atoms with E-state index in [9.17, 15) is 23.1 Å². The van der Waals surface area contributed by atoms with Gasteiger partial charge in [-0.1, -0.05) is 104 Å². The molecule has 0 unspecified atom stereocenters. The molecule has 0 aliphatic heterocycles. The fourth-order valence-corrected chi connectivity index (χ4v) is 7.97. The molecular formula is C41H51N5O5S. The van der Waals surface area contributed by atoms with Gasteiger partial charge in [0, 0.05) is 26.1 Å². The summed E-state index contributed by atoms with van der Waals surface area (Å²) < 4.78 is 28.7. The van der Waals surface area contributed by atoms with Gasteiger partial charge in [0.05, 0.1) is 41.0 Å². The van der Waals surface area contributed by atoms with Crippen LogP contribution < -0.4 is 25.2 Å². The number of rotatable bonds is 15. The van der Waals surface area contributed by atoms with E-state index < -0.39 is 33.7 Å². The quantitative estimate of drug-likeness (QED) is 0.112. The first-order chi connectivity index (χ1) is 24.9. The minimum atomic E-state index is -4.00. The molecule has 276 valence electrons. The zero-order valence-electron chi connectivity index (χ0n) is 30.5. The predicted octanol–water partition coefficient (Wildman–Crippen LogP) is 5.90. The zero-order valence-corrected chi connectivity index (χ0v) is 31.3. The Morgan fingerprint density at radius 1 is 0.827 bits per heavy atom. The average molecular weight is 726 g/mol. The smallest absolute Gasteiger partial charge is 0.255 e. The number of para-hydroxylation sites is 2. The Morgan fingerprint density at radius 2 is 1.40 bits per heavy atom. The van der Waals surface area contributed by atoms with E-state index >= 15 is 0 Å². The predicted molar refractivity (Wildman–Crippen MR) is 208 cm³/mol. The summed E-state index contributed by atoms with van der Waals surface area (Å²) in [5.74, 6) is -0.851. The first-order valence-electron chi connectivity index (χ1n) is 17.9. The van der Waals surface area contributed by atoms with Crippen LogP contribution in [0.1, 0.15) is 67.4 Å². The lowest BCUT2D eigenvalue weighted by Gasteiger charge is -2.41. The zero-order chi connectivity index (χ0) is 37.3. The number of sulfonamides is 1. The van der Waals surface area contributed by atoms with E-state index in [0.29, 0.717) is 17.9 Å². The maximum absolute atomic E-state index is 14.8. The summed E-state index contributed by atoms with van der Waals surface area (Å²) in [5.41, 5.74) is 1.38. The van der Waals surface area contributed by atoms with Gasteiger partial charge in [0.1, 0.15) is 5.66 Å². The lowest BCUT2D eigenvalue weighted by molar-refractivity contribution is -0.124. The molecule has 11 heteroatoms. The monoisotopic (exact) mass is 725 g/mol. The maximum atomic E-state index is 14.8. The summed E-state index contributed by atoms with van der Waals surface area (Å²) in [5, 5.41) is 21.1. The summed E-state index contributed by atoms with van der Waals surface area (Å²) in [4.78, 5) is 30.3. The number of nitrogens with one attached hydrogen (secondary N) is 3. The number of hydrogen-bond donors (Lipinski definition) is 4. The number of hydrogen-bond acceptors (Lipinski definition) is 7. The van der Waals surface area contributed by atoms with Crippen molar-refractivity contribution < 1.29 is 23.1 Å². The van der Waals surface area contributed by atoms with Crippen LogP contribution in [0.5, 0.6) is 0 Å². The molecule has 1 aliphatic rings. The Hall–Kier alpha value is -4.71. The van der Waals surface area contributed by atoms with Gasteiger partial charge in [-0.05, 0) is 62.1 Å². The second-order valence-corrected chi connectivity index (χ2v) is 15.7. The second kappa shape index (κ2) is 17.2. The highest BCUT2D eigenvalue weighted by Crippen LogP contribution is 2.40. The van der Waals surface area contributed by atoms with Crippen LogP contribution in [0.25, 0.3) is 0 Å². The Morgan fingerprint density at radius 3 is 1.98 bits per heavy atom. The molecule has 3 atom stereocenters. The fraction of sp³-hybridized carbons (Fsp3) is 0.366. The SMILES string of the molecule is C[C@H](N[C@@](Cc1ccccc1)(NC(=O)c1cccc(N(C)Cc2ccccc2)c1N(c1ccccc1)S(C)(=O)=O)[C@@H](C)O)C(=O)NC1CCCCC1. The molecule has 10 nitrogen and oxygen atoms in total. The van der Waals surface area contributed by atoms with Crippen molar-refractivity contribution in [3.63, 3.8) is 0 Å². The van der Waals surface area contributed by atoms with Crippen molar-refractivity contribution in [1.29, 1.82) is 0 Å². The number of amides is 2. The third-order valence-electron chi connectivity index (χ3n) is 9.65. The fourth-order valence-electron chi connectivity index (χ4n) is 6.95.